The summed E-state index contributed by atoms with van der Waals surface area (Å²) in [6, 6.07) is 5.87. The van der Waals surface area contributed by atoms with Crippen molar-refractivity contribution in [2.24, 2.45) is 0 Å². The molecule has 62 valence electrons. The summed E-state index contributed by atoms with van der Waals surface area (Å²) in [5.74, 6) is 0. The van der Waals surface area contributed by atoms with Gasteiger partial charge in [0.2, 0.25) is 0 Å². The molecule has 0 spiro atoms. The molecule has 1 rings (SSSR count). The number of hydrogen-bond donors (Lipinski definition) is 0. The molecule has 1 nitrogen and oxygen atoms in total. The largest absolute Gasteiger partial charge is 0.198 e. The summed E-state index contributed by atoms with van der Waals surface area (Å²) in [5, 5.41) is 9.20. The molecule has 0 aliphatic rings. The third-order valence-corrected chi connectivity index (χ3v) is 3.10. The van der Waals surface area contributed by atoms with Crippen molar-refractivity contribution in [2.75, 3.05) is 0 Å². The molecule has 0 N–H and O–H groups in total. The minimum Gasteiger partial charge on any atom is -0.198 e. The summed E-state index contributed by atoms with van der Waals surface area (Å²) >= 11 is 9.28. The van der Waals surface area contributed by atoms with E-state index in [1.165, 1.54) is 0 Å². The molecular formula is C9H7BrClN. The standard InChI is InChI=1S/C9H7BrClN/c1-6-7(4-5-12)2-3-8(10)9(6)11/h2-3H,4H2,1H3. The Morgan fingerprint density at radius 2 is 2.25 bits per heavy atom. The van der Waals surface area contributed by atoms with Crippen LogP contribution < -0.4 is 0 Å². The first-order valence-corrected chi connectivity index (χ1v) is 4.64. The fourth-order valence-corrected chi connectivity index (χ4v) is 1.58. The number of rotatable bonds is 1. The first kappa shape index (κ1) is 9.57. The van der Waals surface area contributed by atoms with Gasteiger partial charge in [-0.25, -0.2) is 0 Å². The lowest BCUT2D eigenvalue weighted by Gasteiger charge is -2.04. The molecule has 0 amide bonds. The Hall–Kier alpha value is -0.520. The van der Waals surface area contributed by atoms with Gasteiger partial charge in [-0.3, -0.25) is 0 Å². The fourth-order valence-electron chi connectivity index (χ4n) is 0.969. The van der Waals surface area contributed by atoms with Crippen LogP contribution in [0.5, 0.6) is 0 Å². The monoisotopic (exact) mass is 243 g/mol. The molecule has 0 fully saturated rings. The number of benzene rings is 1. The van der Waals surface area contributed by atoms with Crippen molar-refractivity contribution in [3.8, 4) is 6.07 Å². The third kappa shape index (κ3) is 1.80. The maximum atomic E-state index is 8.50. The average molecular weight is 245 g/mol. The normalized spacial score (nSPS) is 9.50. The number of halogens is 2. The van der Waals surface area contributed by atoms with Gasteiger partial charge in [-0.2, -0.15) is 5.26 Å². The van der Waals surface area contributed by atoms with Gasteiger partial charge in [0.25, 0.3) is 0 Å². The molecule has 0 heterocycles. The van der Waals surface area contributed by atoms with Crippen LogP contribution in [0.1, 0.15) is 11.1 Å². The molecule has 0 radical (unpaired) electrons. The SMILES string of the molecule is Cc1c(CC#N)ccc(Br)c1Cl. The van der Waals surface area contributed by atoms with Gasteiger partial charge in [0.1, 0.15) is 0 Å². The summed E-state index contributed by atoms with van der Waals surface area (Å²) in [6.45, 7) is 1.92. The van der Waals surface area contributed by atoms with Crippen LogP contribution in [0.25, 0.3) is 0 Å². The predicted octanol–water partition coefficient (Wildman–Crippen LogP) is 3.48. The van der Waals surface area contributed by atoms with E-state index >= 15 is 0 Å². The Bertz CT molecular complexity index is 341. The quantitative estimate of drug-likeness (QED) is 0.742. The lowest BCUT2D eigenvalue weighted by atomic mass is 10.1. The van der Waals surface area contributed by atoms with Crippen LogP contribution in [0.2, 0.25) is 5.02 Å². The molecule has 0 saturated carbocycles. The van der Waals surface area contributed by atoms with E-state index in [0.717, 1.165) is 15.6 Å². The lowest BCUT2D eigenvalue weighted by Crippen LogP contribution is -1.88. The molecule has 0 aliphatic carbocycles. The molecule has 0 saturated heterocycles. The zero-order valence-electron chi connectivity index (χ0n) is 6.56. The summed E-state index contributed by atoms with van der Waals surface area (Å²) in [6.07, 6.45) is 0.416. The number of hydrogen-bond acceptors (Lipinski definition) is 1. The van der Waals surface area contributed by atoms with Crippen LogP contribution >= 0.6 is 27.5 Å². The molecule has 1 aromatic carbocycles. The highest BCUT2D eigenvalue weighted by Crippen LogP contribution is 2.28. The molecule has 1 aromatic rings. The predicted molar refractivity (Wildman–Crippen MR) is 53.2 cm³/mol. The van der Waals surface area contributed by atoms with Gasteiger partial charge in [0.05, 0.1) is 17.5 Å². The smallest absolute Gasteiger partial charge is 0.0669 e. The molecule has 0 aromatic heterocycles. The van der Waals surface area contributed by atoms with Gasteiger partial charge in [-0.15, -0.1) is 0 Å². The highest BCUT2D eigenvalue weighted by atomic mass is 79.9. The van der Waals surface area contributed by atoms with Gasteiger partial charge < -0.3 is 0 Å². The van der Waals surface area contributed by atoms with E-state index in [9.17, 15) is 0 Å². The number of nitrogens with zero attached hydrogens (tertiary/aromatic N) is 1. The Balaban J connectivity index is 3.19. The minimum absolute atomic E-state index is 0.416. The Morgan fingerprint density at radius 3 is 2.83 bits per heavy atom. The van der Waals surface area contributed by atoms with Crippen molar-refractivity contribution in [1.29, 1.82) is 5.26 Å². The van der Waals surface area contributed by atoms with Crippen molar-refractivity contribution in [1.82, 2.24) is 0 Å². The van der Waals surface area contributed by atoms with Crippen molar-refractivity contribution < 1.29 is 0 Å². The Morgan fingerprint density at radius 1 is 1.58 bits per heavy atom. The average Bonchev–Trinajstić information content (AvgIpc) is 2.07. The van der Waals surface area contributed by atoms with Gasteiger partial charge in [0, 0.05) is 4.47 Å². The maximum absolute atomic E-state index is 8.50. The van der Waals surface area contributed by atoms with E-state index in [-0.39, 0.29) is 0 Å². The van der Waals surface area contributed by atoms with Crippen LogP contribution in [0.3, 0.4) is 0 Å². The topological polar surface area (TPSA) is 23.8 Å². The lowest BCUT2D eigenvalue weighted by molar-refractivity contribution is 1.21. The summed E-state index contributed by atoms with van der Waals surface area (Å²) in [4.78, 5) is 0. The van der Waals surface area contributed by atoms with Crippen LogP contribution in [0.4, 0.5) is 0 Å². The Kier molecular flexibility index (Phi) is 3.13. The molecule has 12 heavy (non-hydrogen) atoms. The molecular weight excluding hydrogens is 237 g/mol. The van der Waals surface area contributed by atoms with Crippen LogP contribution in [-0.2, 0) is 6.42 Å². The summed E-state index contributed by atoms with van der Waals surface area (Å²) < 4.78 is 0.878. The van der Waals surface area contributed by atoms with Crippen molar-refractivity contribution in [2.45, 2.75) is 13.3 Å². The van der Waals surface area contributed by atoms with Gasteiger partial charge in [-0.05, 0) is 40.0 Å². The van der Waals surface area contributed by atoms with Gasteiger partial charge in [0.15, 0.2) is 0 Å². The van der Waals surface area contributed by atoms with E-state index in [1.54, 1.807) is 0 Å². The minimum atomic E-state index is 0.416. The molecule has 0 atom stereocenters. The highest BCUT2D eigenvalue weighted by molar-refractivity contribution is 9.10. The molecule has 3 heteroatoms. The Labute approximate surface area is 85.1 Å². The second-order valence-electron chi connectivity index (χ2n) is 2.48. The van der Waals surface area contributed by atoms with Crippen LogP contribution in [0.15, 0.2) is 16.6 Å². The zero-order chi connectivity index (χ0) is 9.14. The second-order valence-corrected chi connectivity index (χ2v) is 3.71. The maximum Gasteiger partial charge on any atom is 0.0669 e. The highest BCUT2D eigenvalue weighted by Gasteiger charge is 2.04. The van der Waals surface area contributed by atoms with E-state index in [2.05, 4.69) is 22.0 Å². The van der Waals surface area contributed by atoms with E-state index in [4.69, 9.17) is 16.9 Å². The van der Waals surface area contributed by atoms with Crippen LogP contribution in [-0.4, -0.2) is 0 Å². The first-order chi connectivity index (χ1) is 5.66. The summed E-state index contributed by atoms with van der Waals surface area (Å²) in [7, 11) is 0. The van der Waals surface area contributed by atoms with E-state index < -0.39 is 0 Å². The molecule has 0 aliphatic heterocycles. The first-order valence-electron chi connectivity index (χ1n) is 3.47. The number of nitriles is 1. The van der Waals surface area contributed by atoms with Crippen molar-refractivity contribution >= 4 is 27.5 Å². The van der Waals surface area contributed by atoms with Gasteiger partial charge >= 0.3 is 0 Å². The van der Waals surface area contributed by atoms with Crippen molar-refractivity contribution in [3.05, 3.63) is 32.8 Å². The van der Waals surface area contributed by atoms with Gasteiger partial charge in [-0.1, -0.05) is 17.7 Å². The zero-order valence-corrected chi connectivity index (χ0v) is 8.91. The van der Waals surface area contributed by atoms with E-state index in [1.807, 2.05) is 19.1 Å². The van der Waals surface area contributed by atoms with Crippen molar-refractivity contribution in [3.63, 3.8) is 0 Å². The fraction of sp³-hybridized carbons (Fsp3) is 0.222. The summed E-state index contributed by atoms with van der Waals surface area (Å²) in [5.41, 5.74) is 1.97. The third-order valence-electron chi connectivity index (χ3n) is 1.72. The molecule has 0 unspecified atom stereocenters. The molecule has 0 bridgehead atoms. The second kappa shape index (κ2) is 3.93. The van der Waals surface area contributed by atoms with Crippen LogP contribution in [0, 0.1) is 18.3 Å². The van der Waals surface area contributed by atoms with E-state index in [0.29, 0.717) is 11.4 Å².